The number of benzene rings is 2. The smallest absolute Gasteiger partial charge is 0.234 e. The van der Waals surface area contributed by atoms with E-state index >= 15 is 0 Å². The van der Waals surface area contributed by atoms with Crippen molar-refractivity contribution in [3.8, 4) is 11.4 Å². The molecular formula is C25H27FN4O2. The predicted molar refractivity (Wildman–Crippen MR) is 118 cm³/mol. The summed E-state index contributed by atoms with van der Waals surface area (Å²) in [5.74, 6) is 0.902. The highest BCUT2D eigenvalue weighted by Crippen LogP contribution is 2.47. The Hall–Kier alpha value is -3.06. The van der Waals surface area contributed by atoms with Crippen LogP contribution in [0, 0.1) is 5.82 Å². The fourth-order valence-corrected chi connectivity index (χ4v) is 4.55. The van der Waals surface area contributed by atoms with Crippen LogP contribution in [0.15, 0.2) is 59.1 Å². The molecule has 1 aromatic heterocycles. The van der Waals surface area contributed by atoms with Crippen molar-refractivity contribution in [2.45, 2.75) is 37.0 Å². The first-order valence-corrected chi connectivity index (χ1v) is 11.3. The number of likely N-dealkylation sites (tertiary alicyclic amines) is 1. The van der Waals surface area contributed by atoms with Crippen molar-refractivity contribution in [1.82, 2.24) is 20.4 Å². The average molecular weight is 435 g/mol. The van der Waals surface area contributed by atoms with Gasteiger partial charge in [-0.1, -0.05) is 35.5 Å². The minimum Gasteiger partial charge on any atom is -0.354 e. The Bertz CT molecular complexity index is 1060. The largest absolute Gasteiger partial charge is 0.354 e. The normalized spacial score (nSPS) is 20.1. The van der Waals surface area contributed by atoms with E-state index in [2.05, 4.69) is 44.6 Å². The van der Waals surface area contributed by atoms with E-state index in [1.165, 1.54) is 17.7 Å². The molecule has 0 spiro atoms. The summed E-state index contributed by atoms with van der Waals surface area (Å²) in [5.41, 5.74) is 2.15. The Morgan fingerprint density at radius 1 is 1.16 bits per heavy atom. The van der Waals surface area contributed by atoms with E-state index in [1.807, 2.05) is 6.07 Å². The minimum atomic E-state index is -0.296. The molecule has 0 bridgehead atoms. The number of amides is 1. The van der Waals surface area contributed by atoms with Gasteiger partial charge in [0.05, 0.1) is 12.5 Å². The maximum absolute atomic E-state index is 13.2. The number of rotatable bonds is 7. The van der Waals surface area contributed by atoms with Crippen LogP contribution < -0.4 is 5.32 Å². The van der Waals surface area contributed by atoms with E-state index in [4.69, 9.17) is 4.52 Å². The number of hydrogen-bond donors (Lipinski definition) is 1. The van der Waals surface area contributed by atoms with Crippen molar-refractivity contribution in [2.24, 2.45) is 0 Å². The molecule has 2 heterocycles. The summed E-state index contributed by atoms with van der Waals surface area (Å²) in [5, 5.41) is 7.22. The summed E-state index contributed by atoms with van der Waals surface area (Å²) >= 11 is 0. The Kier molecular flexibility index (Phi) is 5.74. The molecule has 1 aliphatic heterocycles. The maximum atomic E-state index is 13.2. The van der Waals surface area contributed by atoms with Gasteiger partial charge >= 0.3 is 0 Å². The average Bonchev–Trinajstić information content (AvgIpc) is 3.46. The summed E-state index contributed by atoms with van der Waals surface area (Å²) in [6.45, 7) is 2.66. The van der Waals surface area contributed by atoms with Gasteiger partial charge in [0.1, 0.15) is 5.82 Å². The molecule has 2 fully saturated rings. The first-order valence-electron chi connectivity index (χ1n) is 11.3. The highest BCUT2D eigenvalue weighted by atomic mass is 19.1. The highest BCUT2D eigenvalue weighted by Gasteiger charge is 2.44. The maximum Gasteiger partial charge on any atom is 0.234 e. The number of aromatic nitrogens is 2. The van der Waals surface area contributed by atoms with E-state index in [0.29, 0.717) is 31.3 Å². The molecule has 3 aromatic rings. The number of nitrogens with zero attached hydrogens (tertiary/aromatic N) is 3. The predicted octanol–water partition coefficient (Wildman–Crippen LogP) is 3.90. The molecular weight excluding hydrogens is 407 g/mol. The van der Waals surface area contributed by atoms with Gasteiger partial charge in [-0.05, 0) is 62.1 Å². The lowest BCUT2D eigenvalue weighted by Gasteiger charge is -2.30. The fraction of sp³-hybridized carbons (Fsp3) is 0.400. The third-order valence-electron chi connectivity index (χ3n) is 6.63. The lowest BCUT2D eigenvalue weighted by Crippen LogP contribution is -2.43. The van der Waals surface area contributed by atoms with Crippen molar-refractivity contribution in [1.29, 1.82) is 0 Å². The number of carbonyl (C=O) groups is 1. The zero-order valence-corrected chi connectivity index (χ0v) is 18.0. The van der Waals surface area contributed by atoms with Gasteiger partial charge < -0.3 is 9.84 Å². The van der Waals surface area contributed by atoms with Gasteiger partial charge in [-0.15, -0.1) is 0 Å². The molecule has 5 rings (SSSR count). The molecule has 1 saturated heterocycles. The van der Waals surface area contributed by atoms with Crippen molar-refractivity contribution in [2.75, 3.05) is 26.2 Å². The number of carbonyl (C=O) groups excluding carboxylic acids is 1. The van der Waals surface area contributed by atoms with Crippen LogP contribution in [-0.2, 0) is 10.2 Å². The molecule has 32 heavy (non-hydrogen) atoms. The first-order chi connectivity index (χ1) is 15.6. The van der Waals surface area contributed by atoms with Crippen LogP contribution in [0.3, 0.4) is 0 Å². The molecule has 1 unspecified atom stereocenters. The van der Waals surface area contributed by atoms with E-state index in [-0.39, 0.29) is 23.1 Å². The van der Waals surface area contributed by atoms with Crippen LogP contribution >= 0.6 is 0 Å². The second kappa shape index (κ2) is 8.82. The van der Waals surface area contributed by atoms with E-state index in [1.54, 1.807) is 12.1 Å². The third kappa shape index (κ3) is 4.58. The summed E-state index contributed by atoms with van der Waals surface area (Å²) in [6.07, 6.45) is 4.16. The number of piperidine rings is 1. The van der Waals surface area contributed by atoms with Gasteiger partial charge in [0, 0.05) is 24.1 Å². The Morgan fingerprint density at radius 3 is 2.69 bits per heavy atom. The number of halogens is 1. The van der Waals surface area contributed by atoms with E-state index in [9.17, 15) is 9.18 Å². The molecule has 2 aliphatic rings. The zero-order chi connectivity index (χ0) is 22.0. The van der Waals surface area contributed by atoms with Crippen LogP contribution in [0.1, 0.15) is 43.1 Å². The van der Waals surface area contributed by atoms with Gasteiger partial charge in [-0.3, -0.25) is 9.69 Å². The quantitative estimate of drug-likeness (QED) is 0.611. The molecule has 1 atom stereocenters. The van der Waals surface area contributed by atoms with Gasteiger partial charge in [0.15, 0.2) is 0 Å². The van der Waals surface area contributed by atoms with Crippen molar-refractivity contribution >= 4 is 5.91 Å². The molecule has 7 heteroatoms. The Balaban J connectivity index is 1.15. The molecule has 1 amide bonds. The summed E-state index contributed by atoms with van der Waals surface area (Å²) in [6, 6.07) is 16.5. The highest BCUT2D eigenvalue weighted by molar-refractivity contribution is 5.78. The summed E-state index contributed by atoms with van der Waals surface area (Å²) in [4.78, 5) is 19.3. The molecule has 1 aliphatic carbocycles. The summed E-state index contributed by atoms with van der Waals surface area (Å²) in [7, 11) is 0. The van der Waals surface area contributed by atoms with Crippen molar-refractivity contribution in [3.05, 3.63) is 71.9 Å². The van der Waals surface area contributed by atoms with Gasteiger partial charge in [-0.2, -0.15) is 4.98 Å². The lowest BCUT2D eigenvalue weighted by molar-refractivity contribution is -0.122. The standard InChI is InChI=1S/C25H27FN4O2/c26-21-10-8-18(9-11-21)23-28-24(32-29-23)19-5-4-14-30(15-19)16-22(31)27-17-25(12-13-25)20-6-2-1-3-7-20/h1-3,6-11,19H,4-5,12-17H2,(H,27,31). The fourth-order valence-electron chi connectivity index (χ4n) is 4.55. The minimum absolute atomic E-state index is 0.0605. The van der Waals surface area contributed by atoms with E-state index < -0.39 is 0 Å². The van der Waals surface area contributed by atoms with Crippen LogP contribution in [-0.4, -0.2) is 47.1 Å². The van der Waals surface area contributed by atoms with Crippen molar-refractivity contribution in [3.63, 3.8) is 0 Å². The zero-order valence-electron chi connectivity index (χ0n) is 18.0. The Labute approximate surface area is 186 Å². The second-order valence-electron chi connectivity index (χ2n) is 8.96. The van der Waals surface area contributed by atoms with Crippen LogP contribution in [0.2, 0.25) is 0 Å². The lowest BCUT2D eigenvalue weighted by atomic mass is 9.96. The third-order valence-corrected chi connectivity index (χ3v) is 6.63. The van der Waals surface area contributed by atoms with Crippen LogP contribution in [0.25, 0.3) is 11.4 Å². The topological polar surface area (TPSA) is 71.3 Å². The Morgan fingerprint density at radius 2 is 1.94 bits per heavy atom. The van der Waals surface area contributed by atoms with E-state index in [0.717, 1.165) is 37.8 Å². The van der Waals surface area contributed by atoms with Gasteiger partial charge in [0.2, 0.25) is 17.6 Å². The molecule has 166 valence electrons. The van der Waals surface area contributed by atoms with Crippen LogP contribution in [0.4, 0.5) is 4.39 Å². The number of nitrogens with one attached hydrogen (secondary N) is 1. The first kappa shape index (κ1) is 20.8. The molecule has 2 aromatic carbocycles. The monoisotopic (exact) mass is 434 g/mol. The molecule has 1 saturated carbocycles. The van der Waals surface area contributed by atoms with Gasteiger partial charge in [-0.25, -0.2) is 4.39 Å². The van der Waals surface area contributed by atoms with Crippen LogP contribution in [0.5, 0.6) is 0 Å². The molecule has 0 radical (unpaired) electrons. The number of hydrogen-bond acceptors (Lipinski definition) is 5. The van der Waals surface area contributed by atoms with Gasteiger partial charge in [0.25, 0.3) is 0 Å². The second-order valence-corrected chi connectivity index (χ2v) is 8.96. The molecule has 1 N–H and O–H groups in total. The molecule has 6 nitrogen and oxygen atoms in total. The SMILES string of the molecule is O=C(CN1CCCC(c2nc(-c3ccc(F)cc3)no2)C1)NCC1(c2ccccc2)CC1. The summed E-state index contributed by atoms with van der Waals surface area (Å²) < 4.78 is 18.7. The van der Waals surface area contributed by atoms with Crippen molar-refractivity contribution < 1.29 is 13.7 Å².